The minimum absolute atomic E-state index is 0.0613. The van der Waals surface area contributed by atoms with E-state index in [0.717, 1.165) is 16.5 Å². The number of fused-ring (bicyclic) bond motifs is 1. The van der Waals surface area contributed by atoms with E-state index in [4.69, 9.17) is 4.42 Å². The summed E-state index contributed by atoms with van der Waals surface area (Å²) in [6, 6.07) is 16.7. The van der Waals surface area contributed by atoms with Crippen LogP contribution in [0.25, 0.3) is 11.0 Å². The van der Waals surface area contributed by atoms with E-state index in [0.29, 0.717) is 11.3 Å². The highest BCUT2D eigenvalue weighted by molar-refractivity contribution is 5.97. The average molecular weight is 350 g/mol. The Balaban J connectivity index is 1.63. The minimum atomic E-state index is -0.249. The Morgan fingerprint density at radius 1 is 1.12 bits per heavy atom. The second kappa shape index (κ2) is 7.44. The van der Waals surface area contributed by atoms with Crippen molar-refractivity contribution in [2.24, 2.45) is 0 Å². The van der Waals surface area contributed by atoms with Gasteiger partial charge in [-0.25, -0.2) is 0 Å². The fourth-order valence-corrected chi connectivity index (χ4v) is 2.82. The maximum absolute atomic E-state index is 12.5. The molecule has 0 bridgehead atoms. The lowest BCUT2D eigenvalue weighted by molar-refractivity contribution is -0.131. The molecule has 0 radical (unpaired) electrons. The lowest BCUT2D eigenvalue weighted by Gasteiger charge is -2.23. The number of furan rings is 1. The van der Waals surface area contributed by atoms with Crippen molar-refractivity contribution in [3.8, 4) is 0 Å². The van der Waals surface area contributed by atoms with Crippen LogP contribution in [0, 0.1) is 6.92 Å². The van der Waals surface area contributed by atoms with Gasteiger partial charge in [0.2, 0.25) is 5.91 Å². The summed E-state index contributed by atoms with van der Waals surface area (Å²) in [5.41, 5.74) is 2.25. The van der Waals surface area contributed by atoms with Gasteiger partial charge in [-0.05, 0) is 37.6 Å². The van der Waals surface area contributed by atoms with E-state index in [1.807, 2.05) is 56.3 Å². The Labute approximate surface area is 152 Å². The predicted octanol–water partition coefficient (Wildman–Crippen LogP) is 3.69. The summed E-state index contributed by atoms with van der Waals surface area (Å²) in [5, 5.41) is 3.70. The molecule has 0 aliphatic carbocycles. The van der Waals surface area contributed by atoms with Crippen molar-refractivity contribution in [1.29, 1.82) is 0 Å². The highest BCUT2D eigenvalue weighted by Gasteiger charge is 2.21. The van der Waals surface area contributed by atoms with Gasteiger partial charge in [-0.2, -0.15) is 0 Å². The van der Waals surface area contributed by atoms with E-state index in [1.165, 1.54) is 0 Å². The maximum Gasteiger partial charge on any atom is 0.251 e. The molecule has 5 nitrogen and oxygen atoms in total. The number of carbonyl (C=O) groups is 2. The summed E-state index contributed by atoms with van der Waals surface area (Å²) >= 11 is 0. The fourth-order valence-electron chi connectivity index (χ4n) is 2.82. The minimum Gasteiger partial charge on any atom is -0.459 e. The van der Waals surface area contributed by atoms with Crippen LogP contribution in [0.5, 0.6) is 0 Å². The number of hydrogen-bond acceptors (Lipinski definition) is 3. The molecule has 0 aliphatic rings. The summed E-state index contributed by atoms with van der Waals surface area (Å²) in [7, 11) is 1.71. The molecule has 0 saturated heterocycles. The van der Waals surface area contributed by atoms with Gasteiger partial charge >= 0.3 is 0 Å². The van der Waals surface area contributed by atoms with E-state index in [9.17, 15) is 9.59 Å². The van der Waals surface area contributed by atoms with Gasteiger partial charge in [-0.1, -0.05) is 36.4 Å². The van der Waals surface area contributed by atoms with E-state index >= 15 is 0 Å². The molecular weight excluding hydrogens is 328 g/mol. The Morgan fingerprint density at radius 2 is 1.81 bits per heavy atom. The highest BCUT2D eigenvalue weighted by Crippen LogP contribution is 2.26. The van der Waals surface area contributed by atoms with Crippen molar-refractivity contribution in [2.45, 2.75) is 19.9 Å². The van der Waals surface area contributed by atoms with Gasteiger partial charge in [0.05, 0.1) is 12.6 Å². The molecule has 134 valence electrons. The first kappa shape index (κ1) is 17.7. The third-order valence-electron chi connectivity index (χ3n) is 4.62. The lowest BCUT2D eigenvalue weighted by Crippen LogP contribution is -2.39. The molecule has 26 heavy (non-hydrogen) atoms. The van der Waals surface area contributed by atoms with E-state index in [1.54, 1.807) is 24.1 Å². The molecule has 1 unspecified atom stereocenters. The number of benzene rings is 2. The maximum atomic E-state index is 12.5. The lowest BCUT2D eigenvalue weighted by atomic mass is 10.1. The Kier molecular flexibility index (Phi) is 5.07. The van der Waals surface area contributed by atoms with Crippen LogP contribution in [0.4, 0.5) is 0 Å². The van der Waals surface area contributed by atoms with Crippen LogP contribution in [0.1, 0.15) is 34.6 Å². The molecule has 5 heteroatoms. The van der Waals surface area contributed by atoms with Crippen molar-refractivity contribution >= 4 is 22.8 Å². The number of nitrogens with one attached hydrogen (secondary N) is 1. The highest BCUT2D eigenvalue weighted by atomic mass is 16.3. The van der Waals surface area contributed by atoms with Gasteiger partial charge in [-0.15, -0.1) is 0 Å². The molecule has 0 saturated carbocycles. The van der Waals surface area contributed by atoms with Gasteiger partial charge in [0.1, 0.15) is 11.3 Å². The van der Waals surface area contributed by atoms with Gasteiger partial charge in [0.15, 0.2) is 0 Å². The quantitative estimate of drug-likeness (QED) is 0.763. The van der Waals surface area contributed by atoms with Crippen LogP contribution in [0.15, 0.2) is 59.0 Å². The zero-order chi connectivity index (χ0) is 18.7. The molecule has 0 spiro atoms. The SMILES string of the molecule is Cc1ccccc1C(=O)NCC(=O)N(C)C(C)c1cc2ccccc2o1. The number of rotatable bonds is 5. The second-order valence-electron chi connectivity index (χ2n) is 6.36. The van der Waals surface area contributed by atoms with Crippen LogP contribution >= 0.6 is 0 Å². The second-order valence-corrected chi connectivity index (χ2v) is 6.36. The van der Waals surface area contributed by atoms with Gasteiger partial charge in [0.25, 0.3) is 5.91 Å². The van der Waals surface area contributed by atoms with Crippen LogP contribution in [0.2, 0.25) is 0 Å². The topological polar surface area (TPSA) is 62.6 Å². The third kappa shape index (κ3) is 3.61. The monoisotopic (exact) mass is 350 g/mol. The van der Waals surface area contributed by atoms with Crippen molar-refractivity contribution in [1.82, 2.24) is 10.2 Å². The molecule has 2 amide bonds. The Bertz CT molecular complexity index is 912. The largest absolute Gasteiger partial charge is 0.459 e. The molecule has 1 aromatic heterocycles. The van der Waals surface area contributed by atoms with Crippen molar-refractivity contribution in [3.63, 3.8) is 0 Å². The first-order chi connectivity index (χ1) is 12.5. The normalized spacial score (nSPS) is 12.0. The average Bonchev–Trinajstić information content (AvgIpc) is 3.09. The summed E-state index contributed by atoms with van der Waals surface area (Å²) in [6.45, 7) is 3.71. The Hall–Kier alpha value is -3.08. The van der Waals surface area contributed by atoms with E-state index in [2.05, 4.69) is 5.32 Å². The molecule has 1 N–H and O–H groups in total. The van der Waals surface area contributed by atoms with Crippen molar-refractivity contribution < 1.29 is 14.0 Å². The first-order valence-electron chi connectivity index (χ1n) is 8.55. The third-order valence-corrected chi connectivity index (χ3v) is 4.62. The molecule has 3 rings (SSSR count). The number of likely N-dealkylation sites (N-methyl/N-ethyl adjacent to an activating group) is 1. The molecular formula is C21H22N2O3. The number of amides is 2. The van der Waals surface area contributed by atoms with Crippen molar-refractivity contribution in [3.05, 3.63) is 71.5 Å². The van der Waals surface area contributed by atoms with Gasteiger partial charge in [-0.3, -0.25) is 9.59 Å². The van der Waals surface area contributed by atoms with Crippen LogP contribution in [0.3, 0.4) is 0 Å². The van der Waals surface area contributed by atoms with Crippen molar-refractivity contribution in [2.75, 3.05) is 13.6 Å². The molecule has 2 aromatic carbocycles. The summed E-state index contributed by atoms with van der Waals surface area (Å²) in [6.07, 6.45) is 0. The zero-order valence-corrected chi connectivity index (χ0v) is 15.2. The molecule has 3 aromatic rings. The van der Waals surface area contributed by atoms with E-state index < -0.39 is 0 Å². The van der Waals surface area contributed by atoms with Gasteiger partial charge < -0.3 is 14.6 Å². The molecule has 0 fully saturated rings. The summed E-state index contributed by atoms with van der Waals surface area (Å²) < 4.78 is 5.83. The smallest absolute Gasteiger partial charge is 0.251 e. The van der Waals surface area contributed by atoms with Crippen LogP contribution in [-0.2, 0) is 4.79 Å². The summed E-state index contributed by atoms with van der Waals surface area (Å²) in [5.74, 6) is 0.286. The van der Waals surface area contributed by atoms with Crippen LogP contribution in [-0.4, -0.2) is 30.3 Å². The molecule has 1 heterocycles. The number of aryl methyl sites for hydroxylation is 1. The number of hydrogen-bond donors (Lipinski definition) is 1. The fraction of sp³-hybridized carbons (Fsp3) is 0.238. The zero-order valence-electron chi connectivity index (χ0n) is 15.2. The molecule has 1 atom stereocenters. The van der Waals surface area contributed by atoms with Crippen LogP contribution < -0.4 is 5.32 Å². The summed E-state index contributed by atoms with van der Waals surface area (Å²) in [4.78, 5) is 26.3. The Morgan fingerprint density at radius 3 is 2.54 bits per heavy atom. The standard InChI is InChI=1S/C21H22N2O3/c1-14-8-4-6-10-17(14)21(25)22-13-20(24)23(3)15(2)19-12-16-9-5-7-11-18(16)26-19/h4-12,15H,13H2,1-3H3,(H,22,25). The number of para-hydroxylation sites is 1. The van der Waals surface area contributed by atoms with E-state index in [-0.39, 0.29) is 24.4 Å². The van der Waals surface area contributed by atoms with Gasteiger partial charge in [0, 0.05) is 18.0 Å². The number of nitrogens with zero attached hydrogens (tertiary/aromatic N) is 1. The molecule has 0 aliphatic heterocycles. The number of carbonyl (C=O) groups excluding carboxylic acids is 2. The first-order valence-corrected chi connectivity index (χ1v) is 8.55. The predicted molar refractivity (Wildman–Crippen MR) is 101 cm³/mol.